The van der Waals surface area contributed by atoms with E-state index in [0.717, 1.165) is 10.9 Å². The number of hydrogen-bond donors (Lipinski definition) is 6. The SMILES string of the molecule is CN(C)Cc1c(C(=O)NCCOc2ccc(C(=O)NO[C@@H]3O[C@H](CO)[C@H](O)[C@H](O)[C@H]3O)cc2)oc2ccccc12. The van der Waals surface area contributed by atoms with Gasteiger partial charge in [0.1, 0.15) is 42.4 Å². The molecule has 1 fully saturated rings. The maximum absolute atomic E-state index is 12.8. The molecule has 0 saturated carbocycles. The number of hydroxylamine groups is 1. The number of furan rings is 1. The van der Waals surface area contributed by atoms with Crippen molar-refractivity contribution in [2.24, 2.45) is 0 Å². The van der Waals surface area contributed by atoms with Gasteiger partial charge in [0.05, 0.1) is 13.2 Å². The summed E-state index contributed by atoms with van der Waals surface area (Å²) in [4.78, 5) is 32.2. The summed E-state index contributed by atoms with van der Waals surface area (Å²) in [5.74, 6) is -0.299. The summed E-state index contributed by atoms with van der Waals surface area (Å²) in [7, 11) is 3.83. The lowest BCUT2D eigenvalue weighted by molar-refractivity contribution is -0.311. The van der Waals surface area contributed by atoms with Gasteiger partial charge in [0.2, 0.25) is 6.29 Å². The van der Waals surface area contributed by atoms with Crippen molar-refractivity contribution in [2.75, 3.05) is 33.9 Å². The molecule has 1 aliphatic heterocycles. The molecule has 13 nitrogen and oxygen atoms in total. The molecule has 0 aliphatic carbocycles. The minimum atomic E-state index is -1.65. The van der Waals surface area contributed by atoms with E-state index in [-0.39, 0.29) is 30.4 Å². The third kappa shape index (κ3) is 6.77. The van der Waals surface area contributed by atoms with Crippen LogP contribution in [0.5, 0.6) is 5.75 Å². The first-order valence-electron chi connectivity index (χ1n) is 12.6. The second-order valence-electron chi connectivity index (χ2n) is 9.52. The minimum absolute atomic E-state index is 0.167. The number of ether oxygens (including phenoxy) is 2. The summed E-state index contributed by atoms with van der Waals surface area (Å²) in [6, 6.07) is 13.5. The van der Waals surface area contributed by atoms with Gasteiger partial charge >= 0.3 is 0 Å². The third-order valence-corrected chi connectivity index (χ3v) is 6.27. The van der Waals surface area contributed by atoms with E-state index in [0.29, 0.717) is 17.9 Å². The number of nitrogens with one attached hydrogen (secondary N) is 2. The van der Waals surface area contributed by atoms with Crippen molar-refractivity contribution >= 4 is 22.8 Å². The monoisotopic (exact) mass is 559 g/mol. The molecule has 6 N–H and O–H groups in total. The maximum Gasteiger partial charge on any atom is 0.287 e. The summed E-state index contributed by atoms with van der Waals surface area (Å²) < 4.78 is 16.6. The zero-order chi connectivity index (χ0) is 28.8. The zero-order valence-corrected chi connectivity index (χ0v) is 22.0. The summed E-state index contributed by atoms with van der Waals surface area (Å²) in [5.41, 5.74) is 3.75. The fraction of sp³-hybridized carbons (Fsp3) is 0.407. The molecule has 13 heteroatoms. The Kier molecular flexibility index (Phi) is 9.71. The van der Waals surface area contributed by atoms with Crippen molar-refractivity contribution in [3.05, 3.63) is 65.4 Å². The van der Waals surface area contributed by atoms with Crippen LogP contribution < -0.4 is 15.5 Å². The number of amides is 2. The number of aliphatic hydroxyl groups excluding tert-OH is 4. The average Bonchev–Trinajstić information content (AvgIpc) is 3.31. The molecule has 216 valence electrons. The standard InChI is InChI=1S/C27H33N3O10/c1-30(2)13-18-17-5-3-4-6-19(17)38-24(18)26(36)28-11-12-37-16-9-7-15(8-10-16)25(35)29-40-27-23(34)22(33)21(32)20(14-31)39-27/h3-10,20-23,27,31-34H,11-14H2,1-2H3,(H,28,36)(H,29,35)/t20-,21+,22+,23-,27+/m1/s1. The lowest BCUT2D eigenvalue weighted by atomic mass is 9.99. The fourth-order valence-electron chi connectivity index (χ4n) is 4.21. The highest BCUT2D eigenvalue weighted by Gasteiger charge is 2.44. The molecule has 1 aromatic heterocycles. The molecule has 3 aromatic rings. The van der Waals surface area contributed by atoms with Crippen LogP contribution in [0.4, 0.5) is 0 Å². The first kappa shape index (κ1) is 29.4. The molecule has 1 saturated heterocycles. The lowest BCUT2D eigenvalue weighted by Crippen LogP contribution is -2.60. The molecule has 0 radical (unpaired) electrons. The topological polar surface area (TPSA) is 183 Å². The molecule has 2 amide bonds. The maximum atomic E-state index is 12.8. The summed E-state index contributed by atoms with van der Waals surface area (Å²) in [6.45, 7) is 0.304. The molecule has 0 spiro atoms. The number of nitrogens with zero attached hydrogens (tertiary/aromatic N) is 1. The molecule has 0 unspecified atom stereocenters. The number of benzene rings is 2. The molecule has 2 aromatic carbocycles. The number of aliphatic hydroxyl groups is 4. The van der Waals surface area contributed by atoms with Crippen LogP contribution in [-0.2, 0) is 16.1 Å². The van der Waals surface area contributed by atoms with E-state index in [1.165, 1.54) is 12.1 Å². The Hall–Kier alpha value is -3.56. The number of rotatable bonds is 11. The van der Waals surface area contributed by atoms with Crippen LogP contribution in [0, 0.1) is 0 Å². The molecule has 2 heterocycles. The van der Waals surface area contributed by atoms with Crippen LogP contribution in [0.25, 0.3) is 11.0 Å². The Morgan fingerprint density at radius 3 is 2.40 bits per heavy atom. The Bertz CT molecular complexity index is 1290. The number of para-hydroxylation sites is 1. The van der Waals surface area contributed by atoms with Gasteiger partial charge in [0.15, 0.2) is 5.76 Å². The first-order chi connectivity index (χ1) is 19.2. The normalized spacial score (nSPS) is 22.8. The van der Waals surface area contributed by atoms with Gasteiger partial charge < -0.3 is 44.5 Å². The molecular formula is C27H33N3O10. The van der Waals surface area contributed by atoms with Crippen molar-refractivity contribution in [3.8, 4) is 5.75 Å². The second-order valence-corrected chi connectivity index (χ2v) is 9.52. The van der Waals surface area contributed by atoms with Crippen LogP contribution in [-0.4, -0.2) is 102 Å². The quantitative estimate of drug-likeness (QED) is 0.135. The third-order valence-electron chi connectivity index (χ3n) is 6.27. The summed E-state index contributed by atoms with van der Waals surface area (Å²) in [5, 5.41) is 42.5. The van der Waals surface area contributed by atoms with Crippen molar-refractivity contribution in [1.29, 1.82) is 0 Å². The van der Waals surface area contributed by atoms with Crippen LogP contribution in [0.1, 0.15) is 26.5 Å². The molecule has 0 bridgehead atoms. The Morgan fingerprint density at radius 1 is 0.975 bits per heavy atom. The van der Waals surface area contributed by atoms with Gasteiger partial charge in [-0.15, -0.1) is 0 Å². The van der Waals surface area contributed by atoms with Gasteiger partial charge in [-0.25, -0.2) is 10.3 Å². The van der Waals surface area contributed by atoms with Crippen LogP contribution in [0.3, 0.4) is 0 Å². The number of carbonyl (C=O) groups excluding carboxylic acids is 2. The van der Waals surface area contributed by atoms with E-state index in [2.05, 4.69) is 10.8 Å². The molecule has 40 heavy (non-hydrogen) atoms. The van der Waals surface area contributed by atoms with Crippen molar-refractivity contribution < 1.29 is 48.7 Å². The zero-order valence-electron chi connectivity index (χ0n) is 22.0. The fourth-order valence-corrected chi connectivity index (χ4v) is 4.21. The molecule has 1 aliphatic rings. The number of hydrogen-bond acceptors (Lipinski definition) is 11. The van der Waals surface area contributed by atoms with Crippen molar-refractivity contribution in [1.82, 2.24) is 15.7 Å². The van der Waals surface area contributed by atoms with Gasteiger partial charge in [0, 0.05) is 23.1 Å². The smallest absolute Gasteiger partial charge is 0.287 e. The van der Waals surface area contributed by atoms with Crippen LogP contribution >= 0.6 is 0 Å². The van der Waals surface area contributed by atoms with Crippen LogP contribution in [0.2, 0.25) is 0 Å². The number of carbonyl (C=O) groups is 2. The van der Waals surface area contributed by atoms with E-state index in [9.17, 15) is 30.0 Å². The molecular weight excluding hydrogens is 526 g/mol. The van der Waals surface area contributed by atoms with E-state index < -0.39 is 43.2 Å². The largest absolute Gasteiger partial charge is 0.492 e. The first-order valence-corrected chi connectivity index (χ1v) is 12.6. The van der Waals surface area contributed by atoms with Crippen molar-refractivity contribution in [3.63, 3.8) is 0 Å². The highest BCUT2D eigenvalue weighted by molar-refractivity contribution is 5.99. The highest BCUT2D eigenvalue weighted by Crippen LogP contribution is 2.27. The Morgan fingerprint density at radius 2 is 1.70 bits per heavy atom. The van der Waals surface area contributed by atoms with Gasteiger partial charge in [-0.05, 0) is 44.4 Å². The van der Waals surface area contributed by atoms with Gasteiger partial charge in [0.25, 0.3) is 11.8 Å². The lowest BCUT2D eigenvalue weighted by Gasteiger charge is -2.39. The van der Waals surface area contributed by atoms with Gasteiger partial charge in [-0.1, -0.05) is 18.2 Å². The predicted molar refractivity (Wildman–Crippen MR) is 140 cm³/mol. The van der Waals surface area contributed by atoms with Gasteiger partial charge in [-0.3, -0.25) is 9.59 Å². The van der Waals surface area contributed by atoms with Crippen molar-refractivity contribution in [2.45, 2.75) is 37.3 Å². The Balaban J connectivity index is 1.25. The van der Waals surface area contributed by atoms with E-state index >= 15 is 0 Å². The van der Waals surface area contributed by atoms with E-state index in [1.807, 2.05) is 43.3 Å². The summed E-state index contributed by atoms with van der Waals surface area (Å²) in [6.07, 6.45) is -7.49. The predicted octanol–water partition coefficient (Wildman–Crippen LogP) is -0.235. The Labute approximate surface area is 229 Å². The van der Waals surface area contributed by atoms with Crippen LogP contribution in [0.15, 0.2) is 52.9 Å². The average molecular weight is 560 g/mol. The van der Waals surface area contributed by atoms with E-state index in [1.54, 1.807) is 12.1 Å². The van der Waals surface area contributed by atoms with E-state index in [4.69, 9.17) is 18.7 Å². The second kappa shape index (κ2) is 13.2. The van der Waals surface area contributed by atoms with Gasteiger partial charge in [-0.2, -0.15) is 0 Å². The molecule has 4 rings (SSSR count). The summed E-state index contributed by atoms with van der Waals surface area (Å²) >= 11 is 0. The minimum Gasteiger partial charge on any atom is -0.492 e. The highest BCUT2D eigenvalue weighted by atomic mass is 16.8. The molecule has 5 atom stereocenters. The number of fused-ring (bicyclic) bond motifs is 1.